The smallest absolute Gasteiger partial charge is 0.317 e. The molecule has 154 valence electrons. The highest BCUT2D eigenvalue weighted by Gasteiger charge is 2.55. The predicted molar refractivity (Wildman–Crippen MR) is 102 cm³/mol. The van der Waals surface area contributed by atoms with Gasteiger partial charge in [0.2, 0.25) is 11.8 Å². The summed E-state index contributed by atoms with van der Waals surface area (Å²) < 4.78 is 5.81. The monoisotopic (exact) mass is 399 g/mol. The molecule has 2 aromatic heterocycles. The van der Waals surface area contributed by atoms with Gasteiger partial charge < -0.3 is 19.5 Å². The van der Waals surface area contributed by atoms with Gasteiger partial charge in [-0.2, -0.15) is 0 Å². The number of likely N-dealkylation sites (tertiary alicyclic amines) is 2. The van der Waals surface area contributed by atoms with Crippen LogP contribution in [0.1, 0.15) is 42.0 Å². The first kappa shape index (κ1) is 19.3. The van der Waals surface area contributed by atoms with Crippen LogP contribution in [-0.4, -0.2) is 74.6 Å². The minimum absolute atomic E-state index is 0.00379. The number of amides is 3. The lowest BCUT2D eigenvalue weighted by Crippen LogP contribution is -2.51. The van der Waals surface area contributed by atoms with Crippen LogP contribution in [0.4, 0.5) is 4.79 Å². The van der Waals surface area contributed by atoms with Gasteiger partial charge in [0.1, 0.15) is 5.69 Å². The number of piperidine rings is 1. The highest BCUT2D eigenvalue weighted by Crippen LogP contribution is 2.45. The van der Waals surface area contributed by atoms with Gasteiger partial charge in [0, 0.05) is 58.0 Å². The molecule has 0 aromatic carbocycles. The molecule has 4 rings (SSSR count). The molecule has 0 unspecified atom stereocenters. The molecule has 10 heteroatoms. The SMILES string of the molecule is CCCNC(=O)N1C[C@@H]2CN(C(=O)c3cnccn3)CC[C@]2(c2nnc(C)o2)C1. The number of nitrogens with zero attached hydrogens (tertiary/aromatic N) is 6. The maximum absolute atomic E-state index is 12.9. The van der Waals surface area contributed by atoms with E-state index in [9.17, 15) is 9.59 Å². The van der Waals surface area contributed by atoms with Crippen LogP contribution in [-0.2, 0) is 5.41 Å². The molecule has 2 atom stereocenters. The number of fused-ring (bicyclic) bond motifs is 1. The normalized spacial score (nSPS) is 23.7. The van der Waals surface area contributed by atoms with E-state index in [4.69, 9.17) is 4.42 Å². The van der Waals surface area contributed by atoms with Gasteiger partial charge in [-0.3, -0.25) is 9.78 Å². The van der Waals surface area contributed by atoms with Crippen molar-refractivity contribution in [1.82, 2.24) is 35.3 Å². The number of urea groups is 1. The van der Waals surface area contributed by atoms with Gasteiger partial charge >= 0.3 is 6.03 Å². The van der Waals surface area contributed by atoms with Crippen molar-refractivity contribution in [2.24, 2.45) is 5.92 Å². The van der Waals surface area contributed by atoms with E-state index >= 15 is 0 Å². The molecule has 2 aliphatic heterocycles. The van der Waals surface area contributed by atoms with E-state index in [1.807, 2.05) is 6.92 Å². The number of hydrogen-bond donors (Lipinski definition) is 1. The molecule has 0 spiro atoms. The molecule has 29 heavy (non-hydrogen) atoms. The first-order chi connectivity index (χ1) is 14.0. The fourth-order valence-corrected chi connectivity index (χ4v) is 4.28. The summed E-state index contributed by atoms with van der Waals surface area (Å²) in [6, 6.07) is -0.0938. The summed E-state index contributed by atoms with van der Waals surface area (Å²) in [5.41, 5.74) is -0.117. The van der Waals surface area contributed by atoms with E-state index < -0.39 is 5.41 Å². The summed E-state index contributed by atoms with van der Waals surface area (Å²) in [7, 11) is 0. The van der Waals surface area contributed by atoms with Crippen molar-refractivity contribution in [3.05, 3.63) is 36.1 Å². The van der Waals surface area contributed by atoms with Crippen LogP contribution in [0.15, 0.2) is 23.0 Å². The van der Waals surface area contributed by atoms with E-state index in [1.54, 1.807) is 22.9 Å². The Labute approximate surface area is 168 Å². The minimum atomic E-state index is -0.441. The fourth-order valence-electron chi connectivity index (χ4n) is 4.28. The van der Waals surface area contributed by atoms with Crippen molar-refractivity contribution >= 4 is 11.9 Å². The van der Waals surface area contributed by atoms with E-state index in [-0.39, 0.29) is 17.9 Å². The molecule has 0 radical (unpaired) electrons. The summed E-state index contributed by atoms with van der Waals surface area (Å²) >= 11 is 0. The molecule has 10 nitrogen and oxygen atoms in total. The molecule has 0 saturated carbocycles. The Morgan fingerprint density at radius 3 is 2.79 bits per heavy atom. The van der Waals surface area contributed by atoms with Gasteiger partial charge in [-0.05, 0) is 12.8 Å². The largest absolute Gasteiger partial charge is 0.425 e. The summed E-state index contributed by atoms with van der Waals surface area (Å²) in [6.07, 6.45) is 6.04. The third-order valence-corrected chi connectivity index (χ3v) is 5.80. The third kappa shape index (κ3) is 3.54. The number of rotatable bonds is 4. The standard InChI is InChI=1S/C19H25N7O3/c1-3-5-22-18(28)26-11-14-10-25(16(27)15-9-20-6-7-21-15)8-4-19(14,12-26)17-24-23-13(2)29-17/h6-7,9,14H,3-5,8,10-12H2,1-2H3,(H,22,28)/t14-,19-/m0/s1. The average molecular weight is 399 g/mol. The third-order valence-electron chi connectivity index (χ3n) is 5.80. The maximum atomic E-state index is 12.9. The summed E-state index contributed by atoms with van der Waals surface area (Å²) in [6.45, 7) is 6.46. The van der Waals surface area contributed by atoms with Gasteiger partial charge in [-0.1, -0.05) is 6.92 Å². The Morgan fingerprint density at radius 1 is 1.28 bits per heavy atom. The van der Waals surface area contributed by atoms with Gasteiger partial charge in [0.25, 0.3) is 5.91 Å². The number of carbonyl (C=O) groups excluding carboxylic acids is 2. The van der Waals surface area contributed by atoms with Crippen molar-refractivity contribution in [3.63, 3.8) is 0 Å². The predicted octanol–water partition coefficient (Wildman–Crippen LogP) is 1.00. The zero-order chi connectivity index (χ0) is 20.4. The second-order valence-electron chi connectivity index (χ2n) is 7.68. The number of aryl methyl sites for hydroxylation is 1. The number of aromatic nitrogens is 4. The van der Waals surface area contributed by atoms with E-state index in [0.29, 0.717) is 56.6 Å². The van der Waals surface area contributed by atoms with E-state index in [1.165, 1.54) is 12.4 Å². The molecule has 0 bridgehead atoms. The van der Waals surface area contributed by atoms with Crippen LogP contribution in [0.3, 0.4) is 0 Å². The molecule has 2 saturated heterocycles. The Bertz CT molecular complexity index is 887. The van der Waals surface area contributed by atoms with Crippen LogP contribution in [0.5, 0.6) is 0 Å². The number of carbonyl (C=O) groups is 2. The van der Waals surface area contributed by atoms with Crippen LogP contribution in [0, 0.1) is 12.8 Å². The van der Waals surface area contributed by atoms with Crippen molar-refractivity contribution in [2.45, 2.75) is 32.1 Å². The Kier molecular flexibility index (Phi) is 5.16. The molecular weight excluding hydrogens is 374 g/mol. The first-order valence-electron chi connectivity index (χ1n) is 9.92. The quantitative estimate of drug-likeness (QED) is 0.815. The summed E-state index contributed by atoms with van der Waals surface area (Å²) in [4.78, 5) is 37.2. The van der Waals surface area contributed by atoms with Crippen LogP contribution >= 0.6 is 0 Å². The zero-order valence-electron chi connectivity index (χ0n) is 16.7. The fraction of sp³-hybridized carbons (Fsp3) is 0.579. The second kappa shape index (κ2) is 7.76. The van der Waals surface area contributed by atoms with Crippen LogP contribution in [0.25, 0.3) is 0 Å². The highest BCUT2D eigenvalue weighted by atomic mass is 16.4. The van der Waals surface area contributed by atoms with Gasteiger partial charge in [-0.15, -0.1) is 10.2 Å². The highest BCUT2D eigenvalue weighted by molar-refractivity contribution is 5.92. The topological polar surface area (TPSA) is 117 Å². The second-order valence-corrected chi connectivity index (χ2v) is 7.68. The molecule has 4 heterocycles. The minimum Gasteiger partial charge on any atom is -0.425 e. The molecular formula is C19H25N7O3. The molecule has 2 aromatic rings. The van der Waals surface area contributed by atoms with Crippen LogP contribution < -0.4 is 5.32 Å². The molecule has 2 aliphatic rings. The van der Waals surface area contributed by atoms with Crippen molar-refractivity contribution in [1.29, 1.82) is 0 Å². The lowest BCUT2D eigenvalue weighted by molar-refractivity contribution is 0.0562. The van der Waals surface area contributed by atoms with Crippen molar-refractivity contribution < 1.29 is 14.0 Å². The van der Waals surface area contributed by atoms with E-state index in [2.05, 4.69) is 25.5 Å². The zero-order valence-corrected chi connectivity index (χ0v) is 16.7. The van der Waals surface area contributed by atoms with Gasteiger partial charge in [0.05, 0.1) is 11.6 Å². The molecule has 1 N–H and O–H groups in total. The van der Waals surface area contributed by atoms with Crippen LogP contribution in [0.2, 0.25) is 0 Å². The molecule has 3 amide bonds. The summed E-state index contributed by atoms with van der Waals surface area (Å²) in [5.74, 6) is 0.906. The van der Waals surface area contributed by atoms with Crippen molar-refractivity contribution in [3.8, 4) is 0 Å². The molecule has 0 aliphatic carbocycles. The van der Waals surface area contributed by atoms with Crippen molar-refractivity contribution in [2.75, 3.05) is 32.7 Å². The van der Waals surface area contributed by atoms with Gasteiger partial charge in [-0.25, -0.2) is 9.78 Å². The number of hydrogen-bond acceptors (Lipinski definition) is 7. The van der Waals surface area contributed by atoms with E-state index in [0.717, 1.165) is 6.42 Å². The Balaban J connectivity index is 1.58. The first-order valence-corrected chi connectivity index (χ1v) is 9.92. The summed E-state index contributed by atoms with van der Waals surface area (Å²) in [5, 5.41) is 11.2. The lowest BCUT2D eigenvalue weighted by atomic mass is 9.72. The Hall–Kier alpha value is -3.04. The lowest BCUT2D eigenvalue weighted by Gasteiger charge is -2.40. The maximum Gasteiger partial charge on any atom is 0.317 e. The molecule has 2 fully saturated rings. The average Bonchev–Trinajstić information content (AvgIpc) is 3.36. The number of nitrogens with one attached hydrogen (secondary N) is 1. The van der Waals surface area contributed by atoms with Gasteiger partial charge in [0.15, 0.2) is 0 Å². The Morgan fingerprint density at radius 2 is 2.10 bits per heavy atom.